The van der Waals surface area contributed by atoms with E-state index in [0.717, 1.165) is 11.1 Å². The Morgan fingerprint density at radius 1 is 1.10 bits per heavy atom. The van der Waals surface area contributed by atoms with Gasteiger partial charge in [0.1, 0.15) is 10.6 Å². The Balaban J connectivity index is 1.78. The van der Waals surface area contributed by atoms with Crippen molar-refractivity contribution in [1.82, 2.24) is 9.62 Å². The second-order valence-corrected chi connectivity index (χ2v) is 10.3. The summed E-state index contributed by atoms with van der Waals surface area (Å²) in [5.74, 6) is 0.0287. The van der Waals surface area contributed by atoms with Gasteiger partial charge in [0.15, 0.2) is 0 Å². The zero-order valence-electron chi connectivity index (χ0n) is 18.7. The summed E-state index contributed by atoms with van der Waals surface area (Å²) in [5.41, 5.74) is 1.95. The third-order valence-corrected chi connectivity index (χ3v) is 7.77. The van der Waals surface area contributed by atoms with E-state index in [2.05, 4.69) is 5.32 Å². The number of rotatable bonds is 7. The average molecular weight is 445 g/mol. The van der Waals surface area contributed by atoms with Crippen molar-refractivity contribution in [2.24, 2.45) is 5.92 Å². The van der Waals surface area contributed by atoms with E-state index in [1.165, 1.54) is 11.4 Å². The lowest BCUT2D eigenvalue weighted by molar-refractivity contribution is -0.126. The first-order chi connectivity index (χ1) is 14.7. The number of hydrogen-bond acceptors (Lipinski definition) is 4. The van der Waals surface area contributed by atoms with E-state index >= 15 is 0 Å². The van der Waals surface area contributed by atoms with Gasteiger partial charge in [-0.2, -0.15) is 4.31 Å². The van der Waals surface area contributed by atoms with Gasteiger partial charge in [0, 0.05) is 13.1 Å². The molecular formula is C24H32N2O4S. The first kappa shape index (κ1) is 23.3. The number of benzene rings is 2. The number of methoxy groups -OCH3 is 1. The van der Waals surface area contributed by atoms with Gasteiger partial charge in [0.05, 0.1) is 19.1 Å². The SMILES string of the molecule is COc1ccc(C(C)C)cc1S(=O)(=O)N1CCC[C@@H](C(=O)N[C@@H](C)c2ccccc2)C1. The molecule has 3 rings (SSSR count). The molecule has 1 N–H and O–H groups in total. The number of piperidine rings is 1. The minimum absolute atomic E-state index is 0.112. The molecule has 6 nitrogen and oxygen atoms in total. The second-order valence-electron chi connectivity index (χ2n) is 8.41. The smallest absolute Gasteiger partial charge is 0.246 e. The third-order valence-electron chi connectivity index (χ3n) is 5.89. The predicted octanol–water partition coefficient (Wildman–Crippen LogP) is 4.10. The van der Waals surface area contributed by atoms with Crippen LogP contribution in [0.4, 0.5) is 0 Å². The molecule has 1 fully saturated rings. The Morgan fingerprint density at radius 3 is 2.45 bits per heavy atom. The fourth-order valence-corrected chi connectivity index (χ4v) is 5.64. The standard InChI is InChI=1S/C24H32N2O4S/c1-17(2)20-12-13-22(30-4)23(15-20)31(28,29)26-14-8-11-21(16-26)24(27)25-18(3)19-9-6-5-7-10-19/h5-7,9-10,12-13,15,17-18,21H,8,11,14,16H2,1-4H3,(H,25,27)/t18-,21+/m0/s1. The first-order valence-electron chi connectivity index (χ1n) is 10.8. The summed E-state index contributed by atoms with van der Waals surface area (Å²) < 4.78 is 33.7. The molecule has 1 saturated heterocycles. The van der Waals surface area contributed by atoms with Crippen LogP contribution < -0.4 is 10.1 Å². The molecule has 0 bridgehead atoms. The van der Waals surface area contributed by atoms with Crippen molar-refractivity contribution in [3.63, 3.8) is 0 Å². The molecule has 0 aliphatic carbocycles. The van der Waals surface area contributed by atoms with Crippen molar-refractivity contribution in [3.8, 4) is 5.75 Å². The van der Waals surface area contributed by atoms with Crippen LogP contribution in [0.25, 0.3) is 0 Å². The van der Waals surface area contributed by atoms with E-state index in [1.54, 1.807) is 12.1 Å². The monoisotopic (exact) mass is 444 g/mol. The summed E-state index contributed by atoms with van der Waals surface area (Å²) in [6.07, 6.45) is 1.31. The van der Waals surface area contributed by atoms with Crippen molar-refractivity contribution < 1.29 is 17.9 Å². The number of sulfonamides is 1. The number of hydrogen-bond donors (Lipinski definition) is 1. The first-order valence-corrected chi connectivity index (χ1v) is 12.2. The lowest BCUT2D eigenvalue weighted by Crippen LogP contribution is -2.45. The normalized spacial score (nSPS) is 18.5. The minimum atomic E-state index is -3.78. The van der Waals surface area contributed by atoms with E-state index in [4.69, 9.17) is 4.74 Å². The average Bonchev–Trinajstić information content (AvgIpc) is 2.79. The summed E-state index contributed by atoms with van der Waals surface area (Å²) in [6.45, 7) is 6.55. The second kappa shape index (κ2) is 9.83. The number of nitrogens with one attached hydrogen (secondary N) is 1. The molecule has 0 saturated carbocycles. The largest absolute Gasteiger partial charge is 0.495 e. The molecule has 7 heteroatoms. The van der Waals surface area contributed by atoms with Crippen LogP contribution in [0.15, 0.2) is 53.4 Å². The van der Waals surface area contributed by atoms with Gasteiger partial charge in [-0.3, -0.25) is 4.79 Å². The molecule has 1 heterocycles. The highest BCUT2D eigenvalue weighted by molar-refractivity contribution is 7.89. The van der Waals surface area contributed by atoms with Gasteiger partial charge >= 0.3 is 0 Å². The van der Waals surface area contributed by atoms with Crippen LogP contribution in [0.1, 0.15) is 56.7 Å². The lowest BCUT2D eigenvalue weighted by atomic mass is 9.98. The molecule has 2 atom stereocenters. The fourth-order valence-electron chi connectivity index (χ4n) is 3.92. The molecule has 0 radical (unpaired) electrons. The van der Waals surface area contributed by atoms with Gasteiger partial charge in [0.25, 0.3) is 0 Å². The predicted molar refractivity (Wildman–Crippen MR) is 122 cm³/mol. The van der Waals surface area contributed by atoms with Crippen LogP contribution in [0.2, 0.25) is 0 Å². The van der Waals surface area contributed by atoms with Crippen LogP contribution in [-0.4, -0.2) is 38.8 Å². The van der Waals surface area contributed by atoms with Crippen molar-refractivity contribution >= 4 is 15.9 Å². The van der Waals surface area contributed by atoms with E-state index in [-0.39, 0.29) is 35.2 Å². The molecule has 2 aromatic rings. The maximum atomic E-state index is 13.5. The molecular weight excluding hydrogens is 412 g/mol. The van der Waals surface area contributed by atoms with Crippen LogP contribution in [-0.2, 0) is 14.8 Å². The number of amides is 1. The molecule has 1 aliphatic heterocycles. The summed E-state index contributed by atoms with van der Waals surface area (Å²) in [5, 5.41) is 3.04. The summed E-state index contributed by atoms with van der Waals surface area (Å²) in [7, 11) is -2.31. The minimum Gasteiger partial charge on any atom is -0.495 e. The number of carbonyl (C=O) groups excluding carboxylic acids is 1. The quantitative estimate of drug-likeness (QED) is 0.698. The molecule has 31 heavy (non-hydrogen) atoms. The lowest BCUT2D eigenvalue weighted by Gasteiger charge is -2.32. The molecule has 0 unspecified atom stereocenters. The van der Waals surface area contributed by atoms with E-state index in [0.29, 0.717) is 25.1 Å². The zero-order chi connectivity index (χ0) is 22.6. The van der Waals surface area contributed by atoms with E-state index in [1.807, 2.05) is 57.2 Å². The van der Waals surface area contributed by atoms with Gasteiger partial charge in [0.2, 0.25) is 15.9 Å². The van der Waals surface area contributed by atoms with Crippen molar-refractivity contribution in [2.75, 3.05) is 20.2 Å². The summed E-state index contributed by atoms with van der Waals surface area (Å²) >= 11 is 0. The zero-order valence-corrected chi connectivity index (χ0v) is 19.5. The Hall–Kier alpha value is -2.38. The third kappa shape index (κ3) is 5.28. The van der Waals surface area contributed by atoms with E-state index in [9.17, 15) is 13.2 Å². The van der Waals surface area contributed by atoms with Crippen molar-refractivity contribution in [1.29, 1.82) is 0 Å². The van der Waals surface area contributed by atoms with Gasteiger partial charge in [-0.25, -0.2) is 8.42 Å². The van der Waals surface area contributed by atoms with Crippen LogP contribution in [0.3, 0.4) is 0 Å². The topological polar surface area (TPSA) is 75.7 Å². The van der Waals surface area contributed by atoms with Crippen LogP contribution in [0.5, 0.6) is 5.75 Å². The van der Waals surface area contributed by atoms with Crippen LogP contribution >= 0.6 is 0 Å². The maximum absolute atomic E-state index is 13.5. The van der Waals surface area contributed by atoms with Crippen LogP contribution in [0, 0.1) is 5.92 Å². The van der Waals surface area contributed by atoms with Gasteiger partial charge in [-0.1, -0.05) is 50.2 Å². The molecule has 0 spiro atoms. The Kier molecular flexibility index (Phi) is 7.38. The summed E-state index contributed by atoms with van der Waals surface area (Å²) in [6, 6.07) is 14.9. The summed E-state index contributed by atoms with van der Waals surface area (Å²) in [4.78, 5) is 13.1. The van der Waals surface area contributed by atoms with Crippen molar-refractivity contribution in [2.45, 2.75) is 50.5 Å². The number of nitrogens with zero attached hydrogens (tertiary/aromatic N) is 1. The van der Waals surface area contributed by atoms with Gasteiger partial charge in [-0.15, -0.1) is 0 Å². The Morgan fingerprint density at radius 2 is 1.81 bits per heavy atom. The molecule has 1 amide bonds. The van der Waals surface area contributed by atoms with Gasteiger partial charge in [-0.05, 0) is 48.9 Å². The molecule has 2 aromatic carbocycles. The number of ether oxygens (including phenoxy) is 1. The highest BCUT2D eigenvalue weighted by Crippen LogP contribution is 2.32. The van der Waals surface area contributed by atoms with Gasteiger partial charge < -0.3 is 10.1 Å². The maximum Gasteiger partial charge on any atom is 0.246 e. The highest BCUT2D eigenvalue weighted by atomic mass is 32.2. The van der Waals surface area contributed by atoms with E-state index < -0.39 is 10.0 Å². The molecule has 168 valence electrons. The molecule has 0 aromatic heterocycles. The van der Waals surface area contributed by atoms with Crippen molar-refractivity contribution in [3.05, 3.63) is 59.7 Å². The highest BCUT2D eigenvalue weighted by Gasteiger charge is 2.35. The molecule has 1 aliphatic rings. The number of carbonyl (C=O) groups is 1. The Bertz CT molecular complexity index is 1010. The fraction of sp³-hybridized carbons (Fsp3) is 0.458. The Labute approximate surface area is 185 Å².